The summed E-state index contributed by atoms with van der Waals surface area (Å²) in [7, 11) is 0. The number of nitro groups is 1. The molecule has 0 bridgehead atoms. The van der Waals surface area contributed by atoms with Crippen molar-refractivity contribution < 1.29 is 18.8 Å². The number of aryl methyl sites for hydroxylation is 1. The third-order valence-electron chi connectivity index (χ3n) is 2.94. The second kappa shape index (κ2) is 5.70. The lowest BCUT2D eigenvalue weighted by molar-refractivity contribution is -0.386. The Kier molecular flexibility index (Phi) is 3.98. The van der Waals surface area contributed by atoms with Crippen molar-refractivity contribution in [3.63, 3.8) is 0 Å². The van der Waals surface area contributed by atoms with Gasteiger partial charge in [0.05, 0.1) is 10.5 Å². The van der Waals surface area contributed by atoms with Gasteiger partial charge in [-0.15, -0.1) is 0 Å². The lowest BCUT2D eigenvalue weighted by Gasteiger charge is -2.11. The minimum absolute atomic E-state index is 0.0332. The molecule has 0 unspecified atom stereocenters. The molecule has 0 saturated heterocycles. The molecule has 2 rings (SSSR count). The molecule has 0 aliphatic rings. The van der Waals surface area contributed by atoms with Gasteiger partial charge in [0.25, 0.3) is 0 Å². The van der Waals surface area contributed by atoms with Crippen LogP contribution in [0.15, 0.2) is 36.4 Å². The summed E-state index contributed by atoms with van der Waals surface area (Å²) in [5.74, 6) is -1.55. The van der Waals surface area contributed by atoms with E-state index >= 15 is 0 Å². The van der Waals surface area contributed by atoms with Crippen molar-refractivity contribution in [2.24, 2.45) is 0 Å². The molecule has 0 fully saturated rings. The molecule has 108 valence electrons. The van der Waals surface area contributed by atoms with Crippen LogP contribution >= 0.6 is 0 Å². The van der Waals surface area contributed by atoms with Crippen LogP contribution in [0.3, 0.4) is 0 Å². The summed E-state index contributed by atoms with van der Waals surface area (Å²) < 4.78 is 19.2. The number of para-hydroxylation sites is 2. The summed E-state index contributed by atoms with van der Waals surface area (Å²) in [5, 5.41) is 11.1. The maximum Gasteiger partial charge on any atom is 0.314 e. The van der Waals surface area contributed by atoms with Gasteiger partial charge in [-0.1, -0.05) is 18.2 Å². The predicted molar refractivity (Wildman–Crippen MR) is 74.3 cm³/mol. The van der Waals surface area contributed by atoms with Crippen LogP contribution < -0.4 is 4.74 Å². The number of carbonyl (C=O) groups is 1. The van der Waals surface area contributed by atoms with Gasteiger partial charge in [-0.25, -0.2) is 4.39 Å². The Morgan fingerprint density at radius 3 is 2.52 bits per heavy atom. The third-order valence-corrected chi connectivity index (χ3v) is 2.94. The van der Waals surface area contributed by atoms with Gasteiger partial charge < -0.3 is 4.74 Å². The summed E-state index contributed by atoms with van der Waals surface area (Å²) in [6.07, 6.45) is 0. The quantitative estimate of drug-likeness (QED) is 0.484. The van der Waals surface area contributed by atoms with Gasteiger partial charge in [0, 0.05) is 5.56 Å². The van der Waals surface area contributed by atoms with E-state index in [1.54, 1.807) is 19.1 Å². The lowest BCUT2D eigenvalue weighted by atomic mass is 10.1. The molecule has 0 aromatic heterocycles. The van der Waals surface area contributed by atoms with Crippen LogP contribution in [0.1, 0.15) is 22.8 Å². The average molecular weight is 289 g/mol. The van der Waals surface area contributed by atoms with Gasteiger partial charge in [-0.3, -0.25) is 14.9 Å². The number of nitrogens with zero attached hydrogens (tertiary/aromatic N) is 1. The van der Waals surface area contributed by atoms with Gasteiger partial charge >= 0.3 is 5.69 Å². The highest BCUT2D eigenvalue weighted by atomic mass is 19.1. The number of ether oxygens (including phenoxy) is 1. The second-order valence-electron chi connectivity index (χ2n) is 4.45. The second-order valence-corrected chi connectivity index (χ2v) is 4.45. The first-order valence-electron chi connectivity index (χ1n) is 6.13. The van der Waals surface area contributed by atoms with Crippen LogP contribution in [0.2, 0.25) is 0 Å². The number of nitro benzene ring substituents is 1. The number of halogens is 1. The zero-order valence-electron chi connectivity index (χ0n) is 11.4. The molecular formula is C15H12FNO4. The fourth-order valence-electron chi connectivity index (χ4n) is 1.95. The first-order chi connectivity index (χ1) is 9.91. The van der Waals surface area contributed by atoms with Gasteiger partial charge in [-0.05, 0) is 32.0 Å². The van der Waals surface area contributed by atoms with Crippen molar-refractivity contribution in [3.05, 3.63) is 63.5 Å². The van der Waals surface area contributed by atoms with Gasteiger partial charge in [-0.2, -0.15) is 0 Å². The van der Waals surface area contributed by atoms with E-state index in [1.807, 2.05) is 0 Å². The standard InChI is InChI=1S/C15H12FNO4/c1-9-5-3-8-13(14(9)17(19)20)21-15-11(10(2)18)6-4-7-12(15)16/h3-8H,1-2H3. The Morgan fingerprint density at radius 2 is 1.90 bits per heavy atom. The van der Waals surface area contributed by atoms with Crippen molar-refractivity contribution in [1.82, 2.24) is 0 Å². The van der Waals surface area contributed by atoms with Gasteiger partial charge in [0.2, 0.25) is 5.75 Å². The highest BCUT2D eigenvalue weighted by Gasteiger charge is 2.22. The van der Waals surface area contributed by atoms with Crippen LogP contribution in [0.4, 0.5) is 10.1 Å². The fourth-order valence-corrected chi connectivity index (χ4v) is 1.95. The number of hydrogen-bond acceptors (Lipinski definition) is 4. The maximum atomic E-state index is 13.9. The third kappa shape index (κ3) is 2.89. The molecular weight excluding hydrogens is 277 g/mol. The molecule has 2 aromatic carbocycles. The van der Waals surface area contributed by atoms with Gasteiger partial charge in [0.15, 0.2) is 17.3 Å². The lowest BCUT2D eigenvalue weighted by Crippen LogP contribution is -2.02. The monoisotopic (exact) mass is 289 g/mol. The molecule has 0 amide bonds. The number of rotatable bonds is 4. The van der Waals surface area contributed by atoms with Crippen LogP contribution in [-0.4, -0.2) is 10.7 Å². The Balaban J connectivity index is 2.56. The van der Waals surface area contributed by atoms with Crippen molar-refractivity contribution in [3.8, 4) is 11.5 Å². The summed E-state index contributed by atoms with van der Waals surface area (Å²) in [4.78, 5) is 22.0. The SMILES string of the molecule is CC(=O)c1cccc(F)c1Oc1cccc(C)c1[N+](=O)[O-]. The summed E-state index contributed by atoms with van der Waals surface area (Å²) in [6.45, 7) is 2.82. The van der Waals surface area contributed by atoms with E-state index in [4.69, 9.17) is 4.74 Å². The Morgan fingerprint density at radius 1 is 1.24 bits per heavy atom. The van der Waals surface area contributed by atoms with E-state index in [-0.39, 0.29) is 28.5 Å². The van der Waals surface area contributed by atoms with E-state index in [0.717, 1.165) is 6.07 Å². The zero-order valence-corrected chi connectivity index (χ0v) is 11.4. The molecule has 0 aliphatic carbocycles. The number of benzene rings is 2. The number of Topliss-reactive ketones (excluding diaryl/α,β-unsaturated/α-hetero) is 1. The number of carbonyl (C=O) groups excluding carboxylic acids is 1. The van der Waals surface area contributed by atoms with Crippen molar-refractivity contribution in [2.75, 3.05) is 0 Å². The summed E-state index contributed by atoms with van der Waals surface area (Å²) in [5.41, 5.74) is 0.166. The molecule has 0 radical (unpaired) electrons. The molecule has 0 N–H and O–H groups in total. The minimum Gasteiger partial charge on any atom is -0.446 e. The number of hydrogen-bond donors (Lipinski definition) is 0. The van der Waals surface area contributed by atoms with Crippen molar-refractivity contribution in [1.29, 1.82) is 0 Å². The van der Waals surface area contributed by atoms with Crippen molar-refractivity contribution in [2.45, 2.75) is 13.8 Å². The molecule has 2 aromatic rings. The van der Waals surface area contributed by atoms with E-state index < -0.39 is 10.7 Å². The zero-order chi connectivity index (χ0) is 15.6. The predicted octanol–water partition coefficient (Wildman–Crippen LogP) is 4.04. The topological polar surface area (TPSA) is 69.4 Å². The van der Waals surface area contributed by atoms with E-state index in [1.165, 1.54) is 25.1 Å². The van der Waals surface area contributed by atoms with Gasteiger partial charge in [0.1, 0.15) is 0 Å². The Hall–Kier alpha value is -2.76. The normalized spacial score (nSPS) is 10.2. The smallest absolute Gasteiger partial charge is 0.314 e. The molecule has 0 aliphatic heterocycles. The van der Waals surface area contributed by atoms with E-state index in [2.05, 4.69) is 0 Å². The van der Waals surface area contributed by atoms with Crippen LogP contribution in [0.5, 0.6) is 11.5 Å². The summed E-state index contributed by atoms with van der Waals surface area (Å²) in [6, 6.07) is 8.39. The molecule has 21 heavy (non-hydrogen) atoms. The molecule has 0 spiro atoms. The number of ketones is 1. The highest BCUT2D eigenvalue weighted by molar-refractivity contribution is 5.97. The largest absolute Gasteiger partial charge is 0.446 e. The highest BCUT2D eigenvalue weighted by Crippen LogP contribution is 2.36. The Bertz CT molecular complexity index is 728. The summed E-state index contributed by atoms with van der Waals surface area (Å²) >= 11 is 0. The van der Waals surface area contributed by atoms with Crippen LogP contribution in [-0.2, 0) is 0 Å². The first-order valence-corrected chi connectivity index (χ1v) is 6.13. The molecule has 5 nitrogen and oxygen atoms in total. The Labute approximate surface area is 120 Å². The van der Waals surface area contributed by atoms with Crippen molar-refractivity contribution >= 4 is 11.5 Å². The molecule has 0 saturated carbocycles. The molecule has 0 atom stereocenters. The average Bonchev–Trinajstić information content (AvgIpc) is 2.40. The van der Waals surface area contributed by atoms with E-state index in [9.17, 15) is 19.3 Å². The first kappa shape index (κ1) is 14.6. The molecule has 6 heteroatoms. The van der Waals surface area contributed by atoms with Crippen LogP contribution in [0, 0.1) is 22.9 Å². The fraction of sp³-hybridized carbons (Fsp3) is 0.133. The maximum absolute atomic E-state index is 13.9. The van der Waals surface area contributed by atoms with Crippen LogP contribution in [0.25, 0.3) is 0 Å². The molecule has 0 heterocycles. The minimum atomic E-state index is -0.751. The van der Waals surface area contributed by atoms with E-state index in [0.29, 0.717) is 5.56 Å².